The van der Waals surface area contributed by atoms with E-state index >= 15 is 0 Å². The van der Waals surface area contributed by atoms with Crippen LogP contribution in [0.25, 0.3) is 16.9 Å². The third-order valence-electron chi connectivity index (χ3n) is 3.36. The van der Waals surface area contributed by atoms with Crippen molar-refractivity contribution < 1.29 is 10.0 Å². The lowest BCUT2D eigenvalue weighted by Gasteiger charge is -2.11. The third-order valence-corrected chi connectivity index (χ3v) is 3.61. The second-order valence-electron chi connectivity index (χ2n) is 4.98. The minimum atomic E-state index is -0.493. The molecule has 0 atom stereocenters. The lowest BCUT2D eigenvalue weighted by atomic mass is 10.1. The summed E-state index contributed by atoms with van der Waals surface area (Å²) in [5.74, 6) is -0.493. The van der Waals surface area contributed by atoms with Crippen LogP contribution in [-0.2, 0) is 4.79 Å². The zero-order valence-electron chi connectivity index (χ0n) is 12.3. The molecule has 0 fully saturated rings. The molecular formula is C17H14ClN3O2. The number of hydroxylamine groups is 1. The SMILES string of the molecule is CC(=O)N(O)c1cn(-c2ccccc2)nc1-c1ccc(Cl)cc1. The fraction of sp³-hybridized carbons (Fsp3) is 0.0588. The summed E-state index contributed by atoms with van der Waals surface area (Å²) in [5, 5.41) is 15.8. The van der Waals surface area contributed by atoms with Gasteiger partial charge in [0.1, 0.15) is 11.4 Å². The number of anilines is 1. The second kappa shape index (κ2) is 6.24. The van der Waals surface area contributed by atoms with Gasteiger partial charge in [-0.3, -0.25) is 10.0 Å². The molecule has 23 heavy (non-hydrogen) atoms. The Morgan fingerprint density at radius 2 is 1.78 bits per heavy atom. The van der Waals surface area contributed by atoms with Gasteiger partial charge in [0, 0.05) is 17.5 Å². The summed E-state index contributed by atoms with van der Waals surface area (Å²) in [4.78, 5) is 11.5. The summed E-state index contributed by atoms with van der Waals surface area (Å²) >= 11 is 5.91. The van der Waals surface area contributed by atoms with Crippen molar-refractivity contribution >= 4 is 23.2 Å². The third kappa shape index (κ3) is 3.11. The van der Waals surface area contributed by atoms with Crippen LogP contribution in [0, 0.1) is 0 Å². The van der Waals surface area contributed by atoms with Gasteiger partial charge in [0.2, 0.25) is 5.91 Å². The summed E-state index contributed by atoms with van der Waals surface area (Å²) in [6, 6.07) is 16.5. The van der Waals surface area contributed by atoms with Gasteiger partial charge >= 0.3 is 0 Å². The molecule has 0 unspecified atom stereocenters. The normalized spacial score (nSPS) is 10.6. The average molecular weight is 328 g/mol. The number of para-hydroxylation sites is 1. The maximum atomic E-state index is 11.5. The Bertz CT molecular complexity index is 829. The molecule has 5 nitrogen and oxygen atoms in total. The highest BCUT2D eigenvalue weighted by atomic mass is 35.5. The largest absolute Gasteiger partial charge is 0.281 e. The van der Waals surface area contributed by atoms with Gasteiger partial charge < -0.3 is 0 Å². The molecule has 1 N–H and O–H groups in total. The number of amides is 1. The lowest BCUT2D eigenvalue weighted by Crippen LogP contribution is -2.23. The number of benzene rings is 2. The molecule has 6 heteroatoms. The molecule has 116 valence electrons. The lowest BCUT2D eigenvalue weighted by molar-refractivity contribution is -0.121. The highest BCUT2D eigenvalue weighted by molar-refractivity contribution is 6.30. The molecule has 0 aliphatic heterocycles. The molecule has 1 aromatic heterocycles. The minimum absolute atomic E-state index is 0.309. The van der Waals surface area contributed by atoms with Crippen molar-refractivity contribution in [2.24, 2.45) is 0 Å². The van der Waals surface area contributed by atoms with E-state index in [0.717, 1.165) is 11.3 Å². The molecule has 0 spiro atoms. The van der Waals surface area contributed by atoms with Crippen molar-refractivity contribution in [3.8, 4) is 16.9 Å². The Kier molecular flexibility index (Phi) is 4.14. The van der Waals surface area contributed by atoms with Gasteiger partial charge in [-0.2, -0.15) is 10.2 Å². The monoisotopic (exact) mass is 327 g/mol. The molecule has 0 radical (unpaired) electrons. The first-order valence-corrected chi connectivity index (χ1v) is 7.34. The van der Waals surface area contributed by atoms with Crippen LogP contribution in [0.2, 0.25) is 5.02 Å². The highest BCUT2D eigenvalue weighted by Gasteiger charge is 2.19. The smallest absolute Gasteiger partial charge is 0.247 e. The van der Waals surface area contributed by atoms with Gasteiger partial charge in [-0.25, -0.2) is 4.68 Å². The van der Waals surface area contributed by atoms with Crippen molar-refractivity contribution in [2.75, 3.05) is 5.06 Å². The number of aromatic nitrogens is 2. The maximum Gasteiger partial charge on any atom is 0.247 e. The zero-order valence-corrected chi connectivity index (χ0v) is 13.1. The van der Waals surface area contributed by atoms with E-state index in [-0.39, 0.29) is 0 Å². The molecule has 1 amide bonds. The quantitative estimate of drug-likeness (QED) is 0.585. The predicted molar refractivity (Wildman–Crippen MR) is 89.0 cm³/mol. The molecule has 3 aromatic rings. The molecule has 0 saturated carbocycles. The molecule has 0 aliphatic rings. The summed E-state index contributed by atoms with van der Waals surface area (Å²) in [7, 11) is 0. The van der Waals surface area contributed by atoms with Crippen molar-refractivity contribution in [3.63, 3.8) is 0 Å². The van der Waals surface area contributed by atoms with Crippen molar-refractivity contribution in [2.45, 2.75) is 6.92 Å². The van der Waals surface area contributed by atoms with E-state index < -0.39 is 5.91 Å². The Morgan fingerprint density at radius 1 is 1.13 bits per heavy atom. The van der Waals surface area contributed by atoms with Crippen molar-refractivity contribution in [1.29, 1.82) is 0 Å². The zero-order chi connectivity index (χ0) is 16.4. The fourth-order valence-corrected chi connectivity index (χ4v) is 2.34. The van der Waals surface area contributed by atoms with Crippen molar-refractivity contribution in [3.05, 3.63) is 65.8 Å². The first-order valence-electron chi connectivity index (χ1n) is 6.97. The van der Waals surface area contributed by atoms with Crippen LogP contribution in [0.15, 0.2) is 60.8 Å². The standard InChI is InChI=1S/C17H14ClN3O2/c1-12(22)21(23)16-11-20(15-5-3-2-4-6-15)19-17(16)13-7-9-14(18)10-8-13/h2-11,23H,1H3. The van der Waals surface area contributed by atoms with Gasteiger partial charge in [-0.15, -0.1) is 0 Å². The van der Waals surface area contributed by atoms with E-state index in [0.29, 0.717) is 21.5 Å². The topological polar surface area (TPSA) is 58.4 Å². The summed E-state index contributed by atoms with van der Waals surface area (Å²) in [6.45, 7) is 1.28. The maximum absolute atomic E-state index is 11.5. The van der Waals surface area contributed by atoms with E-state index in [2.05, 4.69) is 5.10 Å². The van der Waals surface area contributed by atoms with Gasteiger partial charge in [-0.05, 0) is 24.3 Å². The van der Waals surface area contributed by atoms with E-state index in [4.69, 9.17) is 11.6 Å². The van der Waals surface area contributed by atoms with E-state index in [1.807, 2.05) is 30.3 Å². The highest BCUT2D eigenvalue weighted by Crippen LogP contribution is 2.31. The van der Waals surface area contributed by atoms with Gasteiger partial charge in [0.15, 0.2) is 0 Å². The van der Waals surface area contributed by atoms with Gasteiger partial charge in [0.25, 0.3) is 0 Å². The van der Waals surface area contributed by atoms with E-state index in [1.54, 1.807) is 35.1 Å². The fourth-order valence-electron chi connectivity index (χ4n) is 2.22. The van der Waals surface area contributed by atoms with Crippen LogP contribution >= 0.6 is 11.6 Å². The summed E-state index contributed by atoms with van der Waals surface area (Å²) in [6.07, 6.45) is 1.61. The Balaban J connectivity index is 2.14. The number of carbonyl (C=O) groups excluding carboxylic acids is 1. The number of halogens is 1. The Morgan fingerprint density at radius 3 is 2.39 bits per heavy atom. The first-order chi connectivity index (χ1) is 11.1. The summed E-state index contributed by atoms with van der Waals surface area (Å²) < 4.78 is 1.62. The Hall–Kier alpha value is -2.63. The molecule has 0 bridgehead atoms. The second-order valence-corrected chi connectivity index (χ2v) is 5.42. The molecular weight excluding hydrogens is 314 g/mol. The number of carbonyl (C=O) groups is 1. The van der Waals surface area contributed by atoms with Crippen LogP contribution in [0.5, 0.6) is 0 Å². The predicted octanol–water partition coefficient (Wildman–Crippen LogP) is 3.93. The average Bonchev–Trinajstić information content (AvgIpc) is 3.00. The first kappa shape index (κ1) is 15.3. The number of hydrogen-bond donors (Lipinski definition) is 1. The van der Waals surface area contributed by atoms with Crippen LogP contribution in [0.1, 0.15) is 6.92 Å². The minimum Gasteiger partial charge on any atom is -0.281 e. The molecule has 3 rings (SSSR count). The van der Waals surface area contributed by atoms with Gasteiger partial charge in [-0.1, -0.05) is 41.9 Å². The molecule has 2 aromatic carbocycles. The Labute approximate surface area is 138 Å². The number of rotatable bonds is 3. The van der Waals surface area contributed by atoms with Crippen LogP contribution < -0.4 is 5.06 Å². The summed E-state index contributed by atoms with van der Waals surface area (Å²) in [5.41, 5.74) is 2.37. The van der Waals surface area contributed by atoms with E-state index in [9.17, 15) is 10.0 Å². The molecule has 1 heterocycles. The van der Waals surface area contributed by atoms with E-state index in [1.165, 1.54) is 6.92 Å². The van der Waals surface area contributed by atoms with Crippen LogP contribution in [-0.4, -0.2) is 20.9 Å². The number of hydrogen-bond acceptors (Lipinski definition) is 3. The van der Waals surface area contributed by atoms with Gasteiger partial charge in [0.05, 0.1) is 11.9 Å². The van der Waals surface area contributed by atoms with Crippen LogP contribution in [0.4, 0.5) is 5.69 Å². The number of nitrogens with zero attached hydrogens (tertiary/aromatic N) is 3. The van der Waals surface area contributed by atoms with Crippen LogP contribution in [0.3, 0.4) is 0 Å². The molecule has 0 aliphatic carbocycles. The van der Waals surface area contributed by atoms with Crippen molar-refractivity contribution in [1.82, 2.24) is 9.78 Å². The molecule has 0 saturated heterocycles.